The van der Waals surface area contributed by atoms with E-state index in [1.807, 2.05) is 37.3 Å². The maximum absolute atomic E-state index is 10.6. The first-order valence-corrected chi connectivity index (χ1v) is 7.07. The molecule has 0 radical (unpaired) electrons. The molecular formula is C18H15N3O2. The van der Waals surface area contributed by atoms with Crippen molar-refractivity contribution in [2.45, 2.75) is 6.92 Å². The van der Waals surface area contributed by atoms with E-state index in [1.165, 1.54) is 0 Å². The molecule has 0 spiro atoms. The molecule has 5 nitrogen and oxygen atoms in total. The number of ether oxygens (including phenoxy) is 1. The van der Waals surface area contributed by atoms with Crippen LogP contribution in [0.25, 0.3) is 22.6 Å². The van der Waals surface area contributed by atoms with Crippen LogP contribution in [0.4, 0.5) is 0 Å². The van der Waals surface area contributed by atoms with Crippen LogP contribution in [0.5, 0.6) is 5.75 Å². The van der Waals surface area contributed by atoms with E-state index in [9.17, 15) is 5.21 Å². The fourth-order valence-corrected chi connectivity index (χ4v) is 2.42. The molecule has 23 heavy (non-hydrogen) atoms. The van der Waals surface area contributed by atoms with Crippen molar-refractivity contribution in [1.29, 1.82) is 0 Å². The lowest BCUT2D eigenvalue weighted by Gasteiger charge is -2.09. The van der Waals surface area contributed by atoms with Gasteiger partial charge < -0.3 is 9.94 Å². The summed E-state index contributed by atoms with van der Waals surface area (Å²) in [6, 6.07) is 11.0. The first-order valence-electron chi connectivity index (χ1n) is 7.07. The molecule has 0 bridgehead atoms. The van der Waals surface area contributed by atoms with E-state index in [0.29, 0.717) is 28.5 Å². The molecule has 0 amide bonds. The van der Waals surface area contributed by atoms with E-state index in [0.717, 1.165) is 10.3 Å². The first-order chi connectivity index (χ1) is 11.2. The normalized spacial score (nSPS) is 10.3. The molecule has 2 aromatic heterocycles. The second kappa shape index (κ2) is 6.24. The summed E-state index contributed by atoms with van der Waals surface area (Å²) in [5, 5.41) is 10.6. The molecule has 0 unspecified atom stereocenters. The predicted octanol–water partition coefficient (Wildman–Crippen LogP) is 3.17. The molecule has 0 aliphatic carbocycles. The van der Waals surface area contributed by atoms with Crippen molar-refractivity contribution in [3.8, 4) is 40.7 Å². The van der Waals surface area contributed by atoms with Crippen molar-refractivity contribution in [3.63, 3.8) is 0 Å². The highest BCUT2D eigenvalue weighted by Crippen LogP contribution is 2.33. The zero-order chi connectivity index (χ0) is 16.2. The van der Waals surface area contributed by atoms with Crippen LogP contribution >= 0.6 is 0 Å². The van der Waals surface area contributed by atoms with Gasteiger partial charge in [-0.25, -0.2) is 4.98 Å². The quantitative estimate of drug-likeness (QED) is 0.594. The summed E-state index contributed by atoms with van der Waals surface area (Å²) in [6.45, 7) is 1.99. The SMILES string of the molecule is C#CCOc1ccccc1-c1nc(C)c(-c2cccnc2)n1O. The number of nitrogens with zero attached hydrogens (tertiary/aromatic N) is 3. The van der Waals surface area contributed by atoms with Gasteiger partial charge in [0.05, 0.1) is 11.3 Å². The molecule has 5 heteroatoms. The monoisotopic (exact) mass is 305 g/mol. The van der Waals surface area contributed by atoms with Crippen LogP contribution in [0.2, 0.25) is 0 Å². The fourth-order valence-electron chi connectivity index (χ4n) is 2.42. The van der Waals surface area contributed by atoms with Crippen LogP contribution in [0, 0.1) is 19.3 Å². The Morgan fingerprint density at radius 1 is 1.26 bits per heavy atom. The van der Waals surface area contributed by atoms with Gasteiger partial charge in [0.2, 0.25) is 0 Å². The van der Waals surface area contributed by atoms with Crippen molar-refractivity contribution in [2.75, 3.05) is 6.61 Å². The molecule has 0 saturated heterocycles. The summed E-state index contributed by atoms with van der Waals surface area (Å²) in [4.78, 5) is 8.56. The number of benzene rings is 1. The van der Waals surface area contributed by atoms with E-state index in [2.05, 4.69) is 15.9 Å². The maximum atomic E-state index is 10.6. The zero-order valence-corrected chi connectivity index (χ0v) is 12.6. The van der Waals surface area contributed by atoms with E-state index < -0.39 is 0 Å². The lowest BCUT2D eigenvalue weighted by molar-refractivity contribution is 0.195. The number of hydrogen-bond acceptors (Lipinski definition) is 4. The molecule has 0 saturated carbocycles. The van der Waals surface area contributed by atoms with Crippen LogP contribution in [-0.2, 0) is 0 Å². The van der Waals surface area contributed by atoms with Crippen molar-refractivity contribution in [3.05, 3.63) is 54.5 Å². The minimum atomic E-state index is 0.150. The third-order valence-corrected chi connectivity index (χ3v) is 3.40. The Morgan fingerprint density at radius 2 is 2.09 bits per heavy atom. The smallest absolute Gasteiger partial charge is 0.180 e. The number of para-hydroxylation sites is 1. The largest absolute Gasteiger partial charge is 0.480 e. The van der Waals surface area contributed by atoms with Gasteiger partial charge in [0.25, 0.3) is 0 Å². The van der Waals surface area contributed by atoms with Crippen molar-refractivity contribution in [1.82, 2.24) is 14.7 Å². The Morgan fingerprint density at radius 3 is 2.83 bits per heavy atom. The molecule has 114 valence electrons. The molecule has 0 aliphatic heterocycles. The van der Waals surface area contributed by atoms with E-state index >= 15 is 0 Å². The third-order valence-electron chi connectivity index (χ3n) is 3.40. The maximum Gasteiger partial charge on any atom is 0.180 e. The van der Waals surface area contributed by atoms with Crippen LogP contribution in [0.15, 0.2) is 48.8 Å². The number of aromatic nitrogens is 3. The number of imidazole rings is 1. The Balaban J connectivity index is 2.12. The van der Waals surface area contributed by atoms with Crippen molar-refractivity contribution >= 4 is 0 Å². The predicted molar refractivity (Wildman–Crippen MR) is 87.1 cm³/mol. The summed E-state index contributed by atoms with van der Waals surface area (Å²) in [7, 11) is 0. The number of hydrogen-bond donors (Lipinski definition) is 1. The summed E-state index contributed by atoms with van der Waals surface area (Å²) >= 11 is 0. The second-order valence-electron chi connectivity index (χ2n) is 4.91. The fraction of sp³-hybridized carbons (Fsp3) is 0.111. The van der Waals surface area contributed by atoms with Gasteiger partial charge >= 0.3 is 0 Å². The van der Waals surface area contributed by atoms with Crippen LogP contribution in [0.3, 0.4) is 0 Å². The molecule has 0 aliphatic rings. The van der Waals surface area contributed by atoms with Crippen LogP contribution in [0.1, 0.15) is 5.69 Å². The Bertz CT molecular complexity index is 864. The molecule has 1 N–H and O–H groups in total. The Labute approximate surface area is 134 Å². The molecular weight excluding hydrogens is 290 g/mol. The molecule has 1 aromatic carbocycles. The summed E-state index contributed by atoms with van der Waals surface area (Å²) in [5.74, 6) is 3.40. The highest BCUT2D eigenvalue weighted by molar-refractivity contribution is 5.71. The topological polar surface area (TPSA) is 60.2 Å². The minimum Gasteiger partial charge on any atom is -0.480 e. The van der Waals surface area contributed by atoms with E-state index in [-0.39, 0.29) is 6.61 Å². The van der Waals surface area contributed by atoms with E-state index in [1.54, 1.807) is 18.5 Å². The second-order valence-corrected chi connectivity index (χ2v) is 4.91. The average molecular weight is 305 g/mol. The van der Waals surface area contributed by atoms with Gasteiger partial charge in [-0.05, 0) is 31.2 Å². The highest BCUT2D eigenvalue weighted by atomic mass is 16.5. The number of rotatable bonds is 4. The molecule has 0 atom stereocenters. The third kappa shape index (κ3) is 2.74. The van der Waals surface area contributed by atoms with Gasteiger partial charge in [0.15, 0.2) is 5.82 Å². The van der Waals surface area contributed by atoms with E-state index in [4.69, 9.17) is 11.2 Å². The number of aryl methyl sites for hydroxylation is 1. The zero-order valence-electron chi connectivity index (χ0n) is 12.6. The van der Waals surface area contributed by atoms with Gasteiger partial charge in [-0.15, -0.1) is 6.42 Å². The Hall–Kier alpha value is -3.26. The standard InChI is InChI=1S/C18H15N3O2/c1-3-11-23-16-9-5-4-8-15(16)18-20-13(2)17(21(18)22)14-7-6-10-19-12-14/h1,4-10,12,22H,11H2,2H3. The Kier molecular flexibility index (Phi) is 3.98. The van der Waals surface area contributed by atoms with Gasteiger partial charge in [0.1, 0.15) is 18.1 Å². The lowest BCUT2D eigenvalue weighted by atomic mass is 10.2. The van der Waals surface area contributed by atoms with Crippen molar-refractivity contribution in [2.24, 2.45) is 0 Å². The van der Waals surface area contributed by atoms with Crippen LogP contribution in [-0.4, -0.2) is 26.5 Å². The average Bonchev–Trinajstić information content (AvgIpc) is 2.88. The highest BCUT2D eigenvalue weighted by Gasteiger charge is 2.19. The molecule has 0 fully saturated rings. The number of terminal acetylenes is 1. The summed E-state index contributed by atoms with van der Waals surface area (Å²) in [5.41, 5.74) is 2.75. The molecule has 3 rings (SSSR count). The van der Waals surface area contributed by atoms with Gasteiger partial charge in [-0.3, -0.25) is 4.98 Å². The summed E-state index contributed by atoms with van der Waals surface area (Å²) in [6.07, 6.45) is 8.61. The van der Waals surface area contributed by atoms with Crippen molar-refractivity contribution < 1.29 is 9.94 Å². The van der Waals surface area contributed by atoms with Gasteiger partial charge in [-0.2, -0.15) is 4.73 Å². The summed E-state index contributed by atoms with van der Waals surface area (Å²) < 4.78 is 6.60. The van der Waals surface area contributed by atoms with Gasteiger partial charge in [0, 0.05) is 18.0 Å². The molecule has 3 aromatic rings. The van der Waals surface area contributed by atoms with Crippen LogP contribution < -0.4 is 4.74 Å². The lowest BCUT2D eigenvalue weighted by Crippen LogP contribution is -2.01. The number of pyridine rings is 1. The molecule has 2 heterocycles. The van der Waals surface area contributed by atoms with Gasteiger partial charge in [-0.1, -0.05) is 18.1 Å². The first kappa shape index (κ1) is 14.7. The minimum absolute atomic E-state index is 0.150.